The van der Waals surface area contributed by atoms with Crippen molar-refractivity contribution in [2.45, 2.75) is 44.6 Å². The second-order valence-electron chi connectivity index (χ2n) is 5.68. The van der Waals surface area contributed by atoms with Crippen molar-refractivity contribution in [2.75, 3.05) is 6.54 Å². The van der Waals surface area contributed by atoms with Gasteiger partial charge < -0.3 is 15.0 Å². The molecule has 1 aliphatic heterocycles. The first-order valence-electron chi connectivity index (χ1n) is 7.13. The van der Waals surface area contributed by atoms with Crippen molar-refractivity contribution >= 4 is 11.9 Å². The van der Waals surface area contributed by atoms with Crippen molar-refractivity contribution in [2.24, 2.45) is 0 Å². The number of carboxylic acids is 1. The number of aromatic nitrogens is 2. The molecule has 1 amide bonds. The highest BCUT2D eigenvalue weighted by molar-refractivity contribution is 5.97. The van der Waals surface area contributed by atoms with Gasteiger partial charge in [0.1, 0.15) is 17.4 Å². The average molecular weight is 291 g/mol. The number of aromatic amines is 1. The van der Waals surface area contributed by atoms with Crippen LogP contribution in [0.4, 0.5) is 0 Å². The Labute approximate surface area is 121 Å². The fourth-order valence-corrected chi connectivity index (χ4v) is 2.82. The van der Waals surface area contributed by atoms with E-state index >= 15 is 0 Å². The number of aryl methyl sites for hydroxylation is 1. The number of rotatable bonds is 3. The minimum Gasteiger partial charge on any atom is -0.480 e. The molecule has 0 bridgehead atoms. The predicted octanol–water partition coefficient (Wildman–Crippen LogP) is 0.645. The van der Waals surface area contributed by atoms with Gasteiger partial charge in [0.2, 0.25) is 0 Å². The van der Waals surface area contributed by atoms with Gasteiger partial charge in [-0.3, -0.25) is 9.59 Å². The monoisotopic (exact) mass is 291 g/mol. The summed E-state index contributed by atoms with van der Waals surface area (Å²) in [5, 5.41) is 9.15. The third-order valence-electron chi connectivity index (χ3n) is 4.10. The third kappa shape index (κ3) is 2.43. The molecular weight excluding hydrogens is 274 g/mol. The van der Waals surface area contributed by atoms with E-state index < -0.39 is 23.5 Å². The number of hydrogen-bond donors (Lipinski definition) is 2. The molecule has 7 nitrogen and oxygen atoms in total. The summed E-state index contributed by atoms with van der Waals surface area (Å²) in [6, 6.07) is -0.848. The fraction of sp³-hybridized carbons (Fsp3) is 0.571. The number of carbonyl (C=O) groups is 2. The molecule has 21 heavy (non-hydrogen) atoms. The van der Waals surface area contributed by atoms with Gasteiger partial charge in [0.15, 0.2) is 0 Å². The van der Waals surface area contributed by atoms with Crippen molar-refractivity contribution in [1.29, 1.82) is 0 Å². The third-order valence-corrected chi connectivity index (χ3v) is 4.10. The predicted molar refractivity (Wildman–Crippen MR) is 73.3 cm³/mol. The van der Waals surface area contributed by atoms with Crippen molar-refractivity contribution in [3.63, 3.8) is 0 Å². The highest BCUT2D eigenvalue weighted by Gasteiger charge is 2.36. The number of amides is 1. The molecule has 2 heterocycles. The van der Waals surface area contributed by atoms with Crippen LogP contribution in [0.3, 0.4) is 0 Å². The van der Waals surface area contributed by atoms with Crippen LogP contribution in [-0.2, 0) is 4.79 Å². The van der Waals surface area contributed by atoms with Crippen molar-refractivity contribution < 1.29 is 14.7 Å². The Morgan fingerprint density at radius 3 is 2.62 bits per heavy atom. The first-order chi connectivity index (χ1) is 9.99. The topological polar surface area (TPSA) is 103 Å². The van der Waals surface area contributed by atoms with Gasteiger partial charge in [-0.15, -0.1) is 0 Å². The molecule has 0 radical (unpaired) electrons. The number of nitrogens with one attached hydrogen (secondary N) is 1. The molecule has 1 saturated heterocycles. The van der Waals surface area contributed by atoms with E-state index in [-0.39, 0.29) is 5.56 Å². The van der Waals surface area contributed by atoms with Crippen LogP contribution in [-0.4, -0.2) is 44.4 Å². The summed E-state index contributed by atoms with van der Waals surface area (Å²) in [4.78, 5) is 44.1. The van der Waals surface area contributed by atoms with Crippen LogP contribution in [0.2, 0.25) is 0 Å². The van der Waals surface area contributed by atoms with E-state index in [9.17, 15) is 14.4 Å². The van der Waals surface area contributed by atoms with Crippen LogP contribution >= 0.6 is 0 Å². The lowest BCUT2D eigenvalue weighted by Gasteiger charge is -2.21. The molecule has 2 N–H and O–H groups in total. The zero-order chi connectivity index (χ0) is 15.1. The molecule has 0 aromatic carbocycles. The smallest absolute Gasteiger partial charge is 0.326 e. The van der Waals surface area contributed by atoms with Crippen LogP contribution < -0.4 is 5.56 Å². The van der Waals surface area contributed by atoms with E-state index in [2.05, 4.69) is 9.97 Å². The maximum Gasteiger partial charge on any atom is 0.326 e. The zero-order valence-electron chi connectivity index (χ0n) is 11.8. The summed E-state index contributed by atoms with van der Waals surface area (Å²) in [6.07, 6.45) is 3.06. The molecule has 2 fully saturated rings. The minimum atomic E-state index is -1.03. The number of aliphatic carboxylic acids is 1. The summed E-state index contributed by atoms with van der Waals surface area (Å²) in [5.41, 5.74) is -0.125. The van der Waals surface area contributed by atoms with Crippen molar-refractivity contribution in [3.05, 3.63) is 27.4 Å². The van der Waals surface area contributed by atoms with Crippen LogP contribution in [0.5, 0.6) is 0 Å². The number of carboxylic acid groups (broad SMARTS) is 1. The second-order valence-corrected chi connectivity index (χ2v) is 5.68. The number of likely N-dealkylation sites (tertiary alicyclic amines) is 1. The summed E-state index contributed by atoms with van der Waals surface area (Å²) < 4.78 is 0. The van der Waals surface area contributed by atoms with Crippen LogP contribution in [0.15, 0.2) is 4.79 Å². The number of nitrogens with zero attached hydrogens (tertiary/aromatic N) is 2. The van der Waals surface area contributed by atoms with E-state index in [0.29, 0.717) is 36.8 Å². The second kappa shape index (κ2) is 4.98. The lowest BCUT2D eigenvalue weighted by Crippen LogP contribution is -2.43. The van der Waals surface area contributed by atoms with Gasteiger partial charge in [-0.1, -0.05) is 0 Å². The Bertz CT molecular complexity index is 663. The van der Waals surface area contributed by atoms with Gasteiger partial charge in [0.05, 0.1) is 5.69 Å². The Morgan fingerprint density at radius 2 is 2.05 bits per heavy atom. The summed E-state index contributed by atoms with van der Waals surface area (Å²) in [5.74, 6) is -0.643. The Morgan fingerprint density at radius 1 is 1.33 bits per heavy atom. The molecule has 112 valence electrons. The van der Waals surface area contributed by atoms with Crippen LogP contribution in [0.25, 0.3) is 0 Å². The van der Waals surface area contributed by atoms with E-state index in [0.717, 1.165) is 12.8 Å². The lowest BCUT2D eigenvalue weighted by molar-refractivity contribution is -0.141. The first kappa shape index (κ1) is 13.8. The molecule has 3 rings (SSSR count). The van der Waals surface area contributed by atoms with Gasteiger partial charge >= 0.3 is 5.97 Å². The fourth-order valence-electron chi connectivity index (χ4n) is 2.82. The van der Waals surface area contributed by atoms with E-state index in [4.69, 9.17) is 5.11 Å². The van der Waals surface area contributed by atoms with Gasteiger partial charge in [-0.25, -0.2) is 9.78 Å². The average Bonchev–Trinajstić information content (AvgIpc) is 3.14. The van der Waals surface area contributed by atoms with Gasteiger partial charge in [0, 0.05) is 12.5 Å². The highest BCUT2D eigenvalue weighted by Crippen LogP contribution is 2.37. The molecule has 1 atom stereocenters. The summed E-state index contributed by atoms with van der Waals surface area (Å²) in [6.45, 7) is 1.99. The molecule has 7 heteroatoms. The maximum absolute atomic E-state index is 12.5. The maximum atomic E-state index is 12.5. The van der Waals surface area contributed by atoms with Crippen LogP contribution in [0.1, 0.15) is 53.5 Å². The van der Waals surface area contributed by atoms with Gasteiger partial charge in [-0.05, 0) is 32.6 Å². The van der Waals surface area contributed by atoms with E-state index in [1.807, 2.05) is 0 Å². The highest BCUT2D eigenvalue weighted by atomic mass is 16.4. The molecule has 1 saturated carbocycles. The standard InChI is InChI=1S/C14H17N3O4/c1-7-10(12(18)16-11(15-7)8-4-5-8)13(19)17-6-2-3-9(17)14(20)21/h8-9H,2-6H2,1H3,(H,20,21)(H,15,16,18)/t9-/m0/s1. The molecule has 0 spiro atoms. The van der Waals surface area contributed by atoms with Gasteiger partial charge in [0.25, 0.3) is 11.5 Å². The minimum absolute atomic E-state index is 0.0347. The molecule has 1 aliphatic carbocycles. The Hall–Kier alpha value is -2.18. The van der Waals surface area contributed by atoms with Gasteiger partial charge in [-0.2, -0.15) is 0 Å². The molecule has 2 aliphatic rings. The molecule has 1 aromatic heterocycles. The van der Waals surface area contributed by atoms with E-state index in [1.165, 1.54) is 4.90 Å². The number of H-pyrrole nitrogens is 1. The Kier molecular flexibility index (Phi) is 3.27. The zero-order valence-corrected chi connectivity index (χ0v) is 11.8. The van der Waals surface area contributed by atoms with Crippen molar-refractivity contribution in [3.8, 4) is 0 Å². The Balaban J connectivity index is 1.94. The first-order valence-corrected chi connectivity index (χ1v) is 7.13. The quantitative estimate of drug-likeness (QED) is 0.850. The molecule has 0 unspecified atom stereocenters. The molecular formula is C14H17N3O4. The SMILES string of the molecule is Cc1nc(C2CC2)[nH]c(=O)c1C(=O)N1CCC[C@H]1C(=O)O. The molecule has 1 aromatic rings. The number of carbonyl (C=O) groups excluding carboxylic acids is 1. The summed E-state index contributed by atoms with van der Waals surface area (Å²) >= 11 is 0. The largest absolute Gasteiger partial charge is 0.480 e. The lowest BCUT2D eigenvalue weighted by atomic mass is 10.1. The van der Waals surface area contributed by atoms with Crippen molar-refractivity contribution in [1.82, 2.24) is 14.9 Å². The normalized spacial score (nSPS) is 21.6. The number of hydrogen-bond acceptors (Lipinski definition) is 4. The van der Waals surface area contributed by atoms with E-state index in [1.54, 1.807) is 6.92 Å². The summed E-state index contributed by atoms with van der Waals surface area (Å²) in [7, 11) is 0. The van der Waals surface area contributed by atoms with Crippen LogP contribution in [0, 0.1) is 6.92 Å².